The Morgan fingerprint density at radius 2 is 2.07 bits per heavy atom. The number of hydrogen-bond acceptors (Lipinski definition) is 2. The molecule has 0 aromatic heterocycles. The van der Waals surface area contributed by atoms with Crippen LogP contribution in [-0.4, -0.2) is 11.7 Å². The second-order valence-corrected chi connectivity index (χ2v) is 3.56. The van der Waals surface area contributed by atoms with Gasteiger partial charge in [0.05, 0.1) is 6.10 Å². The summed E-state index contributed by atoms with van der Waals surface area (Å²) in [6, 6.07) is 7.63. The van der Waals surface area contributed by atoms with Crippen LogP contribution in [0.4, 0.5) is 0 Å². The molecular weight excluding hydrogens is 242 g/mol. The Kier molecular flexibility index (Phi) is 7.76. The topological polar surface area (TPSA) is 46.2 Å². The van der Waals surface area contributed by atoms with Gasteiger partial charge in [0.1, 0.15) is 0 Å². The molecule has 0 bridgehead atoms. The first-order valence-electron chi connectivity index (χ1n) is 4.87. The molecule has 0 radical (unpaired) electrons. The predicted molar refractivity (Wildman–Crippen MR) is 64.1 cm³/mol. The molecule has 1 rings (SSSR count). The Bertz CT molecular complexity index is 253. The number of hydrogen-bond donors (Lipinski definition) is 2. The highest BCUT2D eigenvalue weighted by Crippen LogP contribution is 2.19. The van der Waals surface area contributed by atoms with Gasteiger partial charge >= 0.3 is 0 Å². The molecule has 1 aromatic carbocycles. The summed E-state index contributed by atoms with van der Waals surface area (Å²) in [7, 11) is 0. The standard InChI is InChI=1S/C9H12BrNO.C2H6/c10-8-3-1-2-7(6-8)9(12)4-5-11;1-2/h1-3,6,9,12H,4-5,11H2;1-2H3/t9-;/m1./s1. The van der Waals surface area contributed by atoms with Crippen molar-refractivity contribution in [1.29, 1.82) is 0 Å². The molecule has 0 spiro atoms. The average molecular weight is 260 g/mol. The quantitative estimate of drug-likeness (QED) is 0.877. The minimum absolute atomic E-state index is 0.438. The van der Waals surface area contributed by atoms with Gasteiger partial charge in [-0.05, 0) is 30.7 Å². The zero-order chi connectivity index (χ0) is 11.0. The van der Waals surface area contributed by atoms with Crippen molar-refractivity contribution < 1.29 is 5.11 Å². The van der Waals surface area contributed by atoms with Crippen LogP contribution < -0.4 is 5.73 Å². The summed E-state index contributed by atoms with van der Waals surface area (Å²) < 4.78 is 0.982. The van der Waals surface area contributed by atoms with Gasteiger partial charge in [-0.25, -0.2) is 0 Å². The zero-order valence-corrected chi connectivity index (χ0v) is 10.3. The van der Waals surface area contributed by atoms with Crippen molar-refractivity contribution in [3.8, 4) is 0 Å². The second kappa shape index (κ2) is 7.97. The monoisotopic (exact) mass is 259 g/mol. The first-order valence-corrected chi connectivity index (χ1v) is 5.67. The van der Waals surface area contributed by atoms with Crippen LogP contribution in [-0.2, 0) is 0 Å². The van der Waals surface area contributed by atoms with Crippen LogP contribution in [0.1, 0.15) is 31.9 Å². The first-order chi connectivity index (χ1) is 6.74. The van der Waals surface area contributed by atoms with Gasteiger partial charge in [0.2, 0.25) is 0 Å². The highest BCUT2D eigenvalue weighted by Gasteiger charge is 2.05. The summed E-state index contributed by atoms with van der Waals surface area (Å²) in [5, 5.41) is 9.54. The fraction of sp³-hybridized carbons (Fsp3) is 0.455. The molecule has 0 amide bonds. The van der Waals surface area contributed by atoms with E-state index in [0.717, 1.165) is 10.0 Å². The summed E-state index contributed by atoms with van der Waals surface area (Å²) in [5.74, 6) is 0. The van der Waals surface area contributed by atoms with Gasteiger partial charge in [-0.2, -0.15) is 0 Å². The number of aliphatic hydroxyl groups is 1. The maximum atomic E-state index is 9.54. The van der Waals surface area contributed by atoms with Crippen LogP contribution in [0, 0.1) is 0 Å². The zero-order valence-electron chi connectivity index (χ0n) is 8.70. The molecule has 1 aromatic rings. The number of benzene rings is 1. The molecule has 80 valence electrons. The van der Waals surface area contributed by atoms with Crippen molar-refractivity contribution in [3.05, 3.63) is 34.3 Å². The number of aliphatic hydroxyl groups excluding tert-OH is 1. The van der Waals surface area contributed by atoms with Crippen LogP contribution in [0.2, 0.25) is 0 Å². The van der Waals surface area contributed by atoms with Gasteiger partial charge in [0.25, 0.3) is 0 Å². The third kappa shape index (κ3) is 4.74. The second-order valence-electron chi connectivity index (χ2n) is 2.65. The van der Waals surface area contributed by atoms with Crippen molar-refractivity contribution in [3.63, 3.8) is 0 Å². The lowest BCUT2D eigenvalue weighted by molar-refractivity contribution is 0.170. The van der Waals surface area contributed by atoms with Gasteiger partial charge in [-0.3, -0.25) is 0 Å². The van der Waals surface area contributed by atoms with E-state index < -0.39 is 6.10 Å². The maximum absolute atomic E-state index is 9.54. The molecule has 0 saturated heterocycles. The van der Waals surface area contributed by atoms with E-state index in [9.17, 15) is 5.11 Å². The molecule has 1 atom stereocenters. The molecule has 0 aliphatic rings. The van der Waals surface area contributed by atoms with Gasteiger partial charge in [0.15, 0.2) is 0 Å². The van der Waals surface area contributed by atoms with Gasteiger partial charge in [-0.1, -0.05) is 41.9 Å². The molecule has 0 heterocycles. The molecule has 0 aliphatic heterocycles. The summed E-state index contributed by atoms with van der Waals surface area (Å²) in [4.78, 5) is 0. The van der Waals surface area contributed by atoms with E-state index in [4.69, 9.17) is 5.73 Å². The van der Waals surface area contributed by atoms with Crippen LogP contribution in [0.5, 0.6) is 0 Å². The number of nitrogens with two attached hydrogens (primary N) is 1. The highest BCUT2D eigenvalue weighted by atomic mass is 79.9. The average Bonchev–Trinajstić information content (AvgIpc) is 2.21. The first kappa shape index (κ1) is 13.6. The van der Waals surface area contributed by atoms with Crippen LogP contribution in [0.25, 0.3) is 0 Å². The minimum atomic E-state index is -0.438. The smallest absolute Gasteiger partial charge is 0.0802 e. The molecule has 0 fully saturated rings. The molecule has 0 saturated carbocycles. The molecule has 0 aliphatic carbocycles. The predicted octanol–water partition coefficient (Wildman–Crippen LogP) is 2.86. The molecular formula is C11H18BrNO. The Balaban J connectivity index is 0.000000791. The van der Waals surface area contributed by atoms with E-state index in [2.05, 4.69) is 15.9 Å². The van der Waals surface area contributed by atoms with E-state index in [0.29, 0.717) is 13.0 Å². The SMILES string of the molecule is CC.NCC[C@@H](O)c1cccc(Br)c1. The van der Waals surface area contributed by atoms with Gasteiger partial charge < -0.3 is 10.8 Å². The lowest BCUT2D eigenvalue weighted by Crippen LogP contribution is -2.06. The Morgan fingerprint density at radius 3 is 2.57 bits per heavy atom. The Labute approximate surface area is 94.3 Å². The van der Waals surface area contributed by atoms with Gasteiger partial charge in [0, 0.05) is 4.47 Å². The van der Waals surface area contributed by atoms with Crippen molar-refractivity contribution >= 4 is 15.9 Å². The highest BCUT2D eigenvalue weighted by molar-refractivity contribution is 9.10. The van der Waals surface area contributed by atoms with Crippen LogP contribution in [0.3, 0.4) is 0 Å². The number of rotatable bonds is 3. The largest absolute Gasteiger partial charge is 0.388 e. The third-order valence-corrected chi connectivity index (χ3v) is 2.17. The van der Waals surface area contributed by atoms with Gasteiger partial charge in [-0.15, -0.1) is 0 Å². The minimum Gasteiger partial charge on any atom is -0.388 e. The lowest BCUT2D eigenvalue weighted by atomic mass is 10.1. The van der Waals surface area contributed by atoms with E-state index in [-0.39, 0.29) is 0 Å². The Hall–Kier alpha value is -0.380. The van der Waals surface area contributed by atoms with Crippen molar-refractivity contribution in [1.82, 2.24) is 0 Å². The summed E-state index contributed by atoms with van der Waals surface area (Å²) in [6.45, 7) is 4.51. The Morgan fingerprint density at radius 1 is 1.43 bits per heavy atom. The molecule has 3 N–H and O–H groups in total. The molecule has 3 heteroatoms. The summed E-state index contributed by atoms with van der Waals surface area (Å²) >= 11 is 3.34. The summed E-state index contributed by atoms with van der Waals surface area (Å²) in [6.07, 6.45) is 0.170. The van der Waals surface area contributed by atoms with Crippen molar-refractivity contribution in [2.24, 2.45) is 5.73 Å². The lowest BCUT2D eigenvalue weighted by Gasteiger charge is -2.09. The van der Waals surface area contributed by atoms with E-state index in [1.807, 2.05) is 38.1 Å². The van der Waals surface area contributed by atoms with Crippen molar-refractivity contribution in [2.45, 2.75) is 26.4 Å². The van der Waals surface area contributed by atoms with E-state index in [1.165, 1.54) is 0 Å². The summed E-state index contributed by atoms with van der Waals surface area (Å²) in [5.41, 5.74) is 6.24. The molecule has 2 nitrogen and oxygen atoms in total. The molecule has 0 unspecified atom stereocenters. The van der Waals surface area contributed by atoms with Crippen LogP contribution in [0.15, 0.2) is 28.7 Å². The number of halogens is 1. The van der Waals surface area contributed by atoms with E-state index >= 15 is 0 Å². The normalized spacial score (nSPS) is 11.5. The van der Waals surface area contributed by atoms with Crippen LogP contribution >= 0.6 is 15.9 Å². The fourth-order valence-electron chi connectivity index (χ4n) is 1.04. The fourth-order valence-corrected chi connectivity index (χ4v) is 1.46. The van der Waals surface area contributed by atoms with E-state index in [1.54, 1.807) is 0 Å². The third-order valence-electron chi connectivity index (χ3n) is 1.67. The van der Waals surface area contributed by atoms with Crippen molar-refractivity contribution in [2.75, 3.05) is 6.54 Å². The molecule has 14 heavy (non-hydrogen) atoms. The maximum Gasteiger partial charge on any atom is 0.0802 e.